The number of nitrogens with two attached hydrogens (primary N) is 1. The van der Waals surface area contributed by atoms with E-state index in [2.05, 4.69) is 10.3 Å². The molecule has 1 heterocycles. The fraction of sp³-hybridized carbons (Fsp3) is 0.500. The minimum Gasteiger partial charge on any atom is -0.396 e. The van der Waals surface area contributed by atoms with Crippen LogP contribution in [0.15, 0.2) is 6.07 Å². The molecular formula is C10H16F2N4O. The lowest BCUT2D eigenvalue weighted by molar-refractivity contribution is 0.226. The average Bonchev–Trinajstić information content (AvgIpc) is 2.31. The molecule has 0 aliphatic carbocycles. The maximum absolute atomic E-state index is 13.4. The molecule has 0 aliphatic rings. The molecule has 0 saturated carbocycles. The Morgan fingerprint density at radius 2 is 1.94 bits per heavy atom. The maximum Gasteiger partial charge on any atom is 0.178 e. The normalized spacial score (nSPS) is 14.2. The SMILES string of the molecule is CC(CO)C(C)Nc1nc(NN)c(F)cc1F. The Kier molecular flexibility index (Phi) is 4.59. The van der Waals surface area contributed by atoms with Gasteiger partial charge in [-0.2, -0.15) is 0 Å². The van der Waals surface area contributed by atoms with E-state index < -0.39 is 11.6 Å². The Morgan fingerprint density at radius 1 is 1.35 bits per heavy atom. The standard InChI is InChI=1S/C10H16F2N4O/c1-5(4-17)6(2)14-9-7(11)3-8(12)10(15-9)16-13/h3,5-6,17H,4,13H2,1-2H3,(H2,14,15,16). The van der Waals surface area contributed by atoms with Gasteiger partial charge in [-0.1, -0.05) is 6.92 Å². The predicted molar refractivity (Wildman–Crippen MR) is 61.3 cm³/mol. The van der Waals surface area contributed by atoms with Crippen molar-refractivity contribution in [2.45, 2.75) is 19.9 Å². The summed E-state index contributed by atoms with van der Waals surface area (Å²) < 4.78 is 26.5. The lowest BCUT2D eigenvalue weighted by Crippen LogP contribution is -2.27. The van der Waals surface area contributed by atoms with Crippen LogP contribution in [0.4, 0.5) is 20.4 Å². The molecule has 5 nitrogen and oxygen atoms in total. The van der Waals surface area contributed by atoms with Gasteiger partial charge >= 0.3 is 0 Å². The largest absolute Gasteiger partial charge is 0.396 e. The average molecular weight is 246 g/mol. The van der Waals surface area contributed by atoms with Crippen molar-refractivity contribution < 1.29 is 13.9 Å². The van der Waals surface area contributed by atoms with Crippen molar-refractivity contribution >= 4 is 11.6 Å². The number of hydrogen-bond acceptors (Lipinski definition) is 5. The zero-order valence-electron chi connectivity index (χ0n) is 9.67. The highest BCUT2D eigenvalue weighted by atomic mass is 19.1. The Bertz CT molecular complexity index is 389. The van der Waals surface area contributed by atoms with Gasteiger partial charge in [0.1, 0.15) is 0 Å². The Hall–Kier alpha value is -1.47. The predicted octanol–water partition coefficient (Wildman–Crippen LogP) is 1.07. The number of nitrogens with one attached hydrogen (secondary N) is 2. The minimum atomic E-state index is -0.863. The number of hydrogen-bond donors (Lipinski definition) is 4. The molecule has 96 valence electrons. The molecule has 2 atom stereocenters. The molecule has 0 aromatic carbocycles. The fourth-order valence-electron chi connectivity index (χ4n) is 1.19. The van der Waals surface area contributed by atoms with Gasteiger partial charge in [0.05, 0.1) is 0 Å². The van der Waals surface area contributed by atoms with Crippen LogP contribution in [0.25, 0.3) is 0 Å². The molecule has 1 aromatic rings. The number of hydrazine groups is 1. The second-order valence-corrected chi connectivity index (χ2v) is 3.89. The molecule has 0 bridgehead atoms. The summed E-state index contributed by atoms with van der Waals surface area (Å²) in [6.07, 6.45) is 0. The number of halogens is 2. The van der Waals surface area contributed by atoms with Crippen LogP contribution in [-0.4, -0.2) is 22.7 Å². The summed E-state index contributed by atoms with van der Waals surface area (Å²) in [6.45, 7) is 3.51. The third kappa shape index (κ3) is 3.24. The molecule has 17 heavy (non-hydrogen) atoms. The monoisotopic (exact) mass is 246 g/mol. The van der Waals surface area contributed by atoms with E-state index in [4.69, 9.17) is 10.9 Å². The number of nitrogens with zero attached hydrogens (tertiary/aromatic N) is 1. The Balaban J connectivity index is 2.91. The maximum atomic E-state index is 13.4. The summed E-state index contributed by atoms with van der Waals surface area (Å²) in [5, 5.41) is 11.7. The van der Waals surface area contributed by atoms with Crippen molar-refractivity contribution in [1.29, 1.82) is 0 Å². The zero-order valence-corrected chi connectivity index (χ0v) is 9.67. The molecule has 5 N–H and O–H groups in total. The van der Waals surface area contributed by atoms with Gasteiger partial charge in [-0.25, -0.2) is 19.6 Å². The third-order valence-corrected chi connectivity index (χ3v) is 2.57. The van der Waals surface area contributed by atoms with E-state index in [-0.39, 0.29) is 30.2 Å². The van der Waals surface area contributed by atoms with Crippen molar-refractivity contribution in [1.82, 2.24) is 4.98 Å². The molecule has 0 saturated heterocycles. The summed E-state index contributed by atoms with van der Waals surface area (Å²) >= 11 is 0. The topological polar surface area (TPSA) is 83.2 Å². The van der Waals surface area contributed by atoms with Crippen LogP contribution < -0.4 is 16.6 Å². The quantitative estimate of drug-likeness (QED) is 0.461. The van der Waals surface area contributed by atoms with E-state index in [1.165, 1.54) is 0 Å². The van der Waals surface area contributed by atoms with Gasteiger partial charge in [-0.3, -0.25) is 0 Å². The van der Waals surface area contributed by atoms with Crippen LogP contribution in [0.1, 0.15) is 13.8 Å². The van der Waals surface area contributed by atoms with Crippen LogP contribution in [0.5, 0.6) is 0 Å². The third-order valence-electron chi connectivity index (χ3n) is 2.57. The van der Waals surface area contributed by atoms with Gasteiger partial charge in [0.2, 0.25) is 0 Å². The van der Waals surface area contributed by atoms with Crippen molar-refractivity contribution in [2.24, 2.45) is 11.8 Å². The van der Waals surface area contributed by atoms with E-state index in [9.17, 15) is 8.78 Å². The highest BCUT2D eigenvalue weighted by molar-refractivity contribution is 5.47. The molecule has 0 amide bonds. The van der Waals surface area contributed by atoms with Gasteiger partial charge in [-0.05, 0) is 12.8 Å². The number of nitrogen functional groups attached to an aromatic ring is 1. The van der Waals surface area contributed by atoms with Crippen molar-refractivity contribution in [3.05, 3.63) is 17.7 Å². The van der Waals surface area contributed by atoms with E-state index >= 15 is 0 Å². The smallest absolute Gasteiger partial charge is 0.178 e. The molecule has 7 heteroatoms. The molecule has 1 rings (SSSR count). The van der Waals surface area contributed by atoms with Crippen molar-refractivity contribution in [3.63, 3.8) is 0 Å². The van der Waals surface area contributed by atoms with Gasteiger partial charge in [0.25, 0.3) is 0 Å². The van der Waals surface area contributed by atoms with Crippen LogP contribution >= 0.6 is 0 Å². The number of rotatable bonds is 5. The number of pyridine rings is 1. The molecule has 0 radical (unpaired) electrons. The molecule has 0 fully saturated rings. The lowest BCUT2D eigenvalue weighted by atomic mass is 10.1. The van der Waals surface area contributed by atoms with E-state index in [1.807, 2.05) is 5.43 Å². The van der Waals surface area contributed by atoms with Crippen molar-refractivity contribution in [2.75, 3.05) is 17.3 Å². The number of aliphatic hydroxyl groups is 1. The van der Waals surface area contributed by atoms with Gasteiger partial charge in [0, 0.05) is 18.7 Å². The molecule has 0 spiro atoms. The highest BCUT2D eigenvalue weighted by Gasteiger charge is 2.16. The number of aliphatic hydroxyl groups excluding tert-OH is 1. The Morgan fingerprint density at radius 3 is 2.47 bits per heavy atom. The first-order chi connectivity index (χ1) is 7.99. The molecule has 0 aliphatic heterocycles. The molecular weight excluding hydrogens is 230 g/mol. The van der Waals surface area contributed by atoms with Crippen LogP contribution in [0.3, 0.4) is 0 Å². The van der Waals surface area contributed by atoms with Gasteiger partial charge < -0.3 is 15.8 Å². The second kappa shape index (κ2) is 5.74. The van der Waals surface area contributed by atoms with Gasteiger partial charge in [-0.15, -0.1) is 0 Å². The van der Waals surface area contributed by atoms with E-state index in [0.717, 1.165) is 0 Å². The van der Waals surface area contributed by atoms with Crippen molar-refractivity contribution in [3.8, 4) is 0 Å². The van der Waals surface area contributed by atoms with Crippen LogP contribution in [-0.2, 0) is 0 Å². The summed E-state index contributed by atoms with van der Waals surface area (Å²) in [6, 6.07) is 0.485. The molecule has 2 unspecified atom stereocenters. The summed E-state index contributed by atoms with van der Waals surface area (Å²) in [5.41, 5.74) is 2.04. The zero-order chi connectivity index (χ0) is 13.0. The number of anilines is 2. The summed E-state index contributed by atoms with van der Waals surface area (Å²) in [7, 11) is 0. The number of aromatic nitrogens is 1. The molecule has 1 aromatic heterocycles. The summed E-state index contributed by atoms with van der Waals surface area (Å²) in [5.74, 6) is 2.94. The first-order valence-corrected chi connectivity index (χ1v) is 5.19. The van der Waals surface area contributed by atoms with Crippen LogP contribution in [0.2, 0.25) is 0 Å². The Labute approximate surface area is 98.0 Å². The second-order valence-electron chi connectivity index (χ2n) is 3.89. The first-order valence-electron chi connectivity index (χ1n) is 5.19. The first kappa shape index (κ1) is 13.6. The summed E-state index contributed by atoms with van der Waals surface area (Å²) in [4.78, 5) is 3.67. The minimum absolute atomic E-state index is 0.0427. The van der Waals surface area contributed by atoms with E-state index in [1.54, 1.807) is 13.8 Å². The highest BCUT2D eigenvalue weighted by Crippen LogP contribution is 2.20. The van der Waals surface area contributed by atoms with Crippen LogP contribution in [0, 0.1) is 17.6 Å². The fourth-order valence-corrected chi connectivity index (χ4v) is 1.19. The lowest BCUT2D eigenvalue weighted by Gasteiger charge is -2.20. The van der Waals surface area contributed by atoms with Gasteiger partial charge in [0.15, 0.2) is 23.3 Å². The van der Waals surface area contributed by atoms with E-state index in [0.29, 0.717) is 6.07 Å².